The number of carbonyl (C=O) groups excluding carboxylic acids is 2. The molecule has 0 aromatic heterocycles. The SMILES string of the molecule is Cc1ccc(C2=C(Nc3cccc(F)c3)C(=O)N(c3cccc(N(C)C)c3)C2=O)cc1. The minimum absolute atomic E-state index is 0.120. The topological polar surface area (TPSA) is 52.7 Å². The highest BCUT2D eigenvalue weighted by Gasteiger charge is 2.40. The van der Waals surface area contributed by atoms with Crippen LogP contribution in [0.5, 0.6) is 0 Å². The number of hydrogen-bond acceptors (Lipinski definition) is 4. The first-order valence-corrected chi connectivity index (χ1v) is 9.85. The predicted molar refractivity (Wildman–Crippen MR) is 121 cm³/mol. The summed E-state index contributed by atoms with van der Waals surface area (Å²) in [4.78, 5) is 29.9. The molecular weight excluding hydrogens is 393 g/mol. The molecule has 2 amide bonds. The molecular formula is C25H22FN3O2. The molecule has 4 rings (SSSR count). The number of rotatable bonds is 5. The maximum Gasteiger partial charge on any atom is 0.282 e. The maximum absolute atomic E-state index is 13.7. The van der Waals surface area contributed by atoms with Gasteiger partial charge in [0.05, 0.1) is 11.3 Å². The Kier molecular flexibility index (Phi) is 5.29. The van der Waals surface area contributed by atoms with Gasteiger partial charge in [-0.05, 0) is 48.9 Å². The maximum atomic E-state index is 13.7. The van der Waals surface area contributed by atoms with Crippen molar-refractivity contribution < 1.29 is 14.0 Å². The smallest absolute Gasteiger partial charge is 0.282 e. The number of nitrogens with zero attached hydrogens (tertiary/aromatic N) is 2. The molecule has 1 heterocycles. The average molecular weight is 415 g/mol. The van der Waals surface area contributed by atoms with Crippen LogP contribution in [0.3, 0.4) is 0 Å². The van der Waals surface area contributed by atoms with E-state index < -0.39 is 17.6 Å². The highest BCUT2D eigenvalue weighted by Crippen LogP contribution is 2.35. The molecule has 3 aromatic carbocycles. The second-order valence-electron chi connectivity index (χ2n) is 7.61. The fourth-order valence-corrected chi connectivity index (χ4v) is 3.49. The highest BCUT2D eigenvalue weighted by molar-refractivity contribution is 6.46. The van der Waals surface area contributed by atoms with Crippen LogP contribution in [0.15, 0.2) is 78.5 Å². The Bertz CT molecular complexity index is 1200. The Morgan fingerprint density at radius 2 is 1.58 bits per heavy atom. The number of hydrogen-bond donors (Lipinski definition) is 1. The van der Waals surface area contributed by atoms with Gasteiger partial charge in [0, 0.05) is 25.5 Å². The average Bonchev–Trinajstić information content (AvgIpc) is 2.98. The molecule has 31 heavy (non-hydrogen) atoms. The van der Waals surface area contributed by atoms with Gasteiger partial charge in [-0.2, -0.15) is 0 Å². The molecule has 0 saturated heterocycles. The Morgan fingerprint density at radius 1 is 0.871 bits per heavy atom. The van der Waals surface area contributed by atoms with Gasteiger partial charge in [-0.1, -0.05) is 42.0 Å². The summed E-state index contributed by atoms with van der Waals surface area (Å²) in [7, 11) is 3.78. The second-order valence-corrected chi connectivity index (χ2v) is 7.61. The van der Waals surface area contributed by atoms with E-state index in [1.54, 1.807) is 30.3 Å². The molecule has 0 radical (unpaired) electrons. The van der Waals surface area contributed by atoms with E-state index in [1.807, 2.05) is 56.3 Å². The lowest BCUT2D eigenvalue weighted by Crippen LogP contribution is -2.32. The van der Waals surface area contributed by atoms with Gasteiger partial charge in [-0.15, -0.1) is 0 Å². The lowest BCUT2D eigenvalue weighted by Gasteiger charge is -2.19. The summed E-state index contributed by atoms with van der Waals surface area (Å²) < 4.78 is 13.7. The molecule has 0 atom stereocenters. The van der Waals surface area contributed by atoms with Crippen molar-refractivity contribution >= 4 is 34.4 Å². The van der Waals surface area contributed by atoms with Gasteiger partial charge in [0.25, 0.3) is 11.8 Å². The van der Waals surface area contributed by atoms with E-state index in [9.17, 15) is 14.0 Å². The number of halogens is 1. The molecule has 0 saturated carbocycles. The van der Waals surface area contributed by atoms with Gasteiger partial charge in [-0.25, -0.2) is 9.29 Å². The number of anilines is 3. The zero-order chi connectivity index (χ0) is 22.1. The molecule has 0 aliphatic carbocycles. The number of carbonyl (C=O) groups is 2. The lowest BCUT2D eigenvalue weighted by atomic mass is 10.0. The number of nitrogens with one attached hydrogen (secondary N) is 1. The van der Waals surface area contributed by atoms with Crippen LogP contribution in [0.4, 0.5) is 21.5 Å². The monoisotopic (exact) mass is 415 g/mol. The fourth-order valence-electron chi connectivity index (χ4n) is 3.49. The van der Waals surface area contributed by atoms with Crippen molar-refractivity contribution in [1.29, 1.82) is 0 Å². The molecule has 156 valence electrons. The van der Waals surface area contributed by atoms with E-state index in [4.69, 9.17) is 0 Å². The van der Waals surface area contributed by atoms with Crippen LogP contribution in [-0.4, -0.2) is 25.9 Å². The van der Waals surface area contributed by atoms with Crippen molar-refractivity contribution in [2.24, 2.45) is 0 Å². The van der Waals surface area contributed by atoms with Gasteiger partial charge < -0.3 is 10.2 Å². The molecule has 5 nitrogen and oxygen atoms in total. The summed E-state index contributed by atoms with van der Waals surface area (Å²) >= 11 is 0. The summed E-state index contributed by atoms with van der Waals surface area (Å²) in [6.45, 7) is 1.95. The normalized spacial score (nSPS) is 13.7. The standard InChI is InChI=1S/C25H22FN3O2/c1-16-10-12-17(13-11-16)22-23(27-19-7-4-6-18(26)14-19)25(31)29(24(22)30)21-9-5-8-20(15-21)28(2)3/h4-15,27H,1-3H3. The van der Waals surface area contributed by atoms with Crippen LogP contribution < -0.4 is 15.1 Å². The number of benzene rings is 3. The van der Waals surface area contributed by atoms with Crippen molar-refractivity contribution in [2.45, 2.75) is 6.92 Å². The van der Waals surface area contributed by atoms with Crippen molar-refractivity contribution in [2.75, 3.05) is 29.2 Å². The van der Waals surface area contributed by atoms with E-state index >= 15 is 0 Å². The molecule has 0 bridgehead atoms. The van der Waals surface area contributed by atoms with E-state index in [2.05, 4.69) is 5.32 Å². The summed E-state index contributed by atoms with van der Waals surface area (Å²) in [5.41, 5.74) is 3.76. The lowest BCUT2D eigenvalue weighted by molar-refractivity contribution is -0.120. The molecule has 0 unspecified atom stereocenters. The molecule has 1 aliphatic rings. The second kappa shape index (κ2) is 8.07. The fraction of sp³-hybridized carbons (Fsp3) is 0.120. The van der Waals surface area contributed by atoms with Gasteiger partial charge in [0.15, 0.2) is 0 Å². The molecule has 1 aliphatic heterocycles. The molecule has 1 N–H and O–H groups in total. The van der Waals surface area contributed by atoms with Crippen molar-refractivity contribution in [3.63, 3.8) is 0 Å². The molecule has 6 heteroatoms. The quantitative estimate of drug-likeness (QED) is 0.619. The van der Waals surface area contributed by atoms with E-state index in [1.165, 1.54) is 12.1 Å². The third kappa shape index (κ3) is 3.92. The summed E-state index contributed by atoms with van der Waals surface area (Å²) in [6, 6.07) is 20.4. The minimum Gasteiger partial charge on any atom is -0.378 e. The van der Waals surface area contributed by atoms with Crippen LogP contribution in [0.1, 0.15) is 11.1 Å². The largest absolute Gasteiger partial charge is 0.378 e. The zero-order valence-electron chi connectivity index (χ0n) is 17.5. The van der Waals surface area contributed by atoms with E-state index in [0.717, 1.165) is 16.2 Å². The third-order valence-corrected chi connectivity index (χ3v) is 5.12. The van der Waals surface area contributed by atoms with Crippen LogP contribution in [0.2, 0.25) is 0 Å². The summed E-state index contributed by atoms with van der Waals surface area (Å²) in [6.07, 6.45) is 0. The first kappa shape index (κ1) is 20.3. The van der Waals surface area contributed by atoms with Gasteiger partial charge >= 0.3 is 0 Å². The number of imide groups is 1. The van der Waals surface area contributed by atoms with Crippen LogP contribution in [0.25, 0.3) is 5.57 Å². The number of amides is 2. The zero-order valence-corrected chi connectivity index (χ0v) is 17.5. The highest BCUT2D eigenvalue weighted by atomic mass is 19.1. The molecule has 3 aromatic rings. The van der Waals surface area contributed by atoms with E-state index in [-0.39, 0.29) is 11.3 Å². The van der Waals surface area contributed by atoms with E-state index in [0.29, 0.717) is 16.9 Å². The Morgan fingerprint density at radius 3 is 2.26 bits per heavy atom. The van der Waals surface area contributed by atoms with Gasteiger partial charge in [-0.3, -0.25) is 9.59 Å². The van der Waals surface area contributed by atoms with Crippen molar-refractivity contribution in [1.82, 2.24) is 0 Å². The van der Waals surface area contributed by atoms with Gasteiger partial charge in [0.1, 0.15) is 11.5 Å². The Balaban J connectivity index is 1.82. The van der Waals surface area contributed by atoms with Crippen LogP contribution in [-0.2, 0) is 9.59 Å². The predicted octanol–water partition coefficient (Wildman–Crippen LogP) is 4.60. The summed E-state index contributed by atoms with van der Waals surface area (Å²) in [5, 5.41) is 2.98. The molecule has 0 spiro atoms. The summed E-state index contributed by atoms with van der Waals surface area (Å²) in [5.74, 6) is -1.35. The van der Waals surface area contributed by atoms with Crippen molar-refractivity contribution in [3.05, 3.63) is 95.4 Å². The Labute approximate surface area is 180 Å². The van der Waals surface area contributed by atoms with Crippen molar-refractivity contribution in [3.8, 4) is 0 Å². The molecule has 0 fully saturated rings. The third-order valence-electron chi connectivity index (χ3n) is 5.12. The van der Waals surface area contributed by atoms with Gasteiger partial charge in [0.2, 0.25) is 0 Å². The van der Waals surface area contributed by atoms with Crippen LogP contribution in [0, 0.1) is 12.7 Å². The van der Waals surface area contributed by atoms with Crippen LogP contribution >= 0.6 is 0 Å². The first-order chi connectivity index (χ1) is 14.8. The Hall–Kier alpha value is -3.93. The minimum atomic E-state index is -0.485. The number of aryl methyl sites for hydroxylation is 1. The first-order valence-electron chi connectivity index (χ1n) is 9.85.